The Morgan fingerprint density at radius 1 is 1.40 bits per heavy atom. The van der Waals surface area contributed by atoms with E-state index >= 15 is 0 Å². The van der Waals surface area contributed by atoms with Crippen LogP contribution < -0.4 is 10.6 Å². The molecule has 2 rings (SSSR count). The zero-order valence-corrected chi connectivity index (χ0v) is 12.1. The van der Waals surface area contributed by atoms with Crippen LogP contribution in [-0.4, -0.2) is 23.0 Å². The van der Waals surface area contributed by atoms with Gasteiger partial charge in [0.1, 0.15) is 11.6 Å². The molecule has 6 nitrogen and oxygen atoms in total. The van der Waals surface area contributed by atoms with Crippen molar-refractivity contribution in [1.29, 1.82) is 0 Å². The van der Waals surface area contributed by atoms with Gasteiger partial charge in [-0.05, 0) is 31.1 Å². The zero-order chi connectivity index (χ0) is 14.5. The SMILES string of the molecule is CCCNc1cc([N+](=O)[O-])cc(NCC(C)C2CC2)n1. The van der Waals surface area contributed by atoms with Crippen LogP contribution in [0.1, 0.15) is 33.1 Å². The summed E-state index contributed by atoms with van der Waals surface area (Å²) >= 11 is 0. The van der Waals surface area contributed by atoms with Crippen LogP contribution in [0.15, 0.2) is 12.1 Å². The van der Waals surface area contributed by atoms with E-state index in [1.165, 1.54) is 25.0 Å². The Morgan fingerprint density at radius 3 is 2.60 bits per heavy atom. The van der Waals surface area contributed by atoms with Gasteiger partial charge in [0, 0.05) is 13.1 Å². The van der Waals surface area contributed by atoms with E-state index in [0.29, 0.717) is 17.6 Å². The molecule has 0 amide bonds. The quantitative estimate of drug-likeness (QED) is 0.563. The van der Waals surface area contributed by atoms with Crippen LogP contribution in [0.5, 0.6) is 0 Å². The first kappa shape index (κ1) is 14.6. The number of hydrogen-bond donors (Lipinski definition) is 2. The summed E-state index contributed by atoms with van der Waals surface area (Å²) in [5, 5.41) is 17.3. The Bertz CT molecular complexity index is 474. The summed E-state index contributed by atoms with van der Waals surface area (Å²) in [6, 6.07) is 2.97. The van der Waals surface area contributed by atoms with E-state index in [9.17, 15) is 10.1 Å². The Balaban J connectivity index is 2.04. The smallest absolute Gasteiger partial charge is 0.276 e. The van der Waals surface area contributed by atoms with Crippen LogP contribution in [0, 0.1) is 22.0 Å². The second kappa shape index (κ2) is 6.54. The van der Waals surface area contributed by atoms with Crippen molar-refractivity contribution in [2.24, 2.45) is 11.8 Å². The highest BCUT2D eigenvalue weighted by molar-refractivity contribution is 5.54. The van der Waals surface area contributed by atoms with Gasteiger partial charge in [-0.15, -0.1) is 0 Å². The first-order valence-corrected chi connectivity index (χ1v) is 7.24. The lowest BCUT2D eigenvalue weighted by atomic mass is 10.1. The van der Waals surface area contributed by atoms with Crippen molar-refractivity contribution in [1.82, 2.24) is 4.98 Å². The topological polar surface area (TPSA) is 80.1 Å². The summed E-state index contributed by atoms with van der Waals surface area (Å²) < 4.78 is 0. The van der Waals surface area contributed by atoms with E-state index in [2.05, 4.69) is 22.5 Å². The predicted octanol–water partition coefficient (Wildman–Crippen LogP) is 3.27. The van der Waals surface area contributed by atoms with Gasteiger partial charge in [-0.2, -0.15) is 0 Å². The molecular weight excluding hydrogens is 256 g/mol. The fourth-order valence-electron chi connectivity index (χ4n) is 2.15. The fourth-order valence-corrected chi connectivity index (χ4v) is 2.15. The molecule has 1 saturated carbocycles. The molecule has 6 heteroatoms. The summed E-state index contributed by atoms with van der Waals surface area (Å²) in [5.74, 6) is 2.52. The summed E-state index contributed by atoms with van der Waals surface area (Å²) in [5.41, 5.74) is 0.0696. The first-order valence-electron chi connectivity index (χ1n) is 7.24. The fraction of sp³-hybridized carbons (Fsp3) is 0.643. The maximum Gasteiger partial charge on any atom is 0.276 e. The molecule has 110 valence electrons. The van der Waals surface area contributed by atoms with Crippen LogP contribution in [0.3, 0.4) is 0 Å². The highest BCUT2D eigenvalue weighted by Crippen LogP contribution is 2.36. The zero-order valence-electron chi connectivity index (χ0n) is 12.1. The summed E-state index contributed by atoms with van der Waals surface area (Å²) in [4.78, 5) is 15.0. The first-order chi connectivity index (χ1) is 9.60. The third kappa shape index (κ3) is 4.08. The van der Waals surface area contributed by atoms with E-state index < -0.39 is 0 Å². The number of rotatable bonds is 8. The number of nitrogens with zero attached hydrogens (tertiary/aromatic N) is 2. The molecule has 1 atom stereocenters. The van der Waals surface area contributed by atoms with Crippen LogP contribution in [0.25, 0.3) is 0 Å². The molecule has 2 N–H and O–H groups in total. The lowest BCUT2D eigenvalue weighted by Gasteiger charge is -2.13. The van der Waals surface area contributed by atoms with Crippen molar-refractivity contribution < 1.29 is 4.92 Å². The average Bonchev–Trinajstić information content (AvgIpc) is 3.26. The van der Waals surface area contributed by atoms with Crippen molar-refractivity contribution in [3.63, 3.8) is 0 Å². The number of hydrogen-bond acceptors (Lipinski definition) is 5. The van der Waals surface area contributed by atoms with Gasteiger partial charge in [0.15, 0.2) is 0 Å². The molecule has 0 bridgehead atoms. The number of anilines is 2. The molecule has 1 unspecified atom stereocenters. The molecule has 1 aromatic rings. The van der Waals surface area contributed by atoms with Crippen molar-refractivity contribution >= 4 is 17.3 Å². The van der Waals surface area contributed by atoms with E-state index in [4.69, 9.17) is 0 Å². The number of pyridine rings is 1. The molecule has 1 heterocycles. The molecular formula is C14H22N4O2. The highest BCUT2D eigenvalue weighted by atomic mass is 16.6. The second-order valence-electron chi connectivity index (χ2n) is 5.48. The van der Waals surface area contributed by atoms with Crippen molar-refractivity contribution in [3.8, 4) is 0 Å². The number of aromatic nitrogens is 1. The Hall–Kier alpha value is -1.85. The molecule has 20 heavy (non-hydrogen) atoms. The molecule has 1 fully saturated rings. The minimum absolute atomic E-state index is 0.0696. The minimum Gasteiger partial charge on any atom is -0.370 e. The van der Waals surface area contributed by atoms with Gasteiger partial charge in [0.2, 0.25) is 0 Å². The molecule has 0 aliphatic heterocycles. The predicted molar refractivity (Wildman–Crippen MR) is 80.0 cm³/mol. The number of nitro groups is 1. The van der Waals surface area contributed by atoms with Gasteiger partial charge in [-0.25, -0.2) is 4.98 Å². The Kier molecular flexibility index (Phi) is 4.76. The molecule has 1 aliphatic rings. The lowest BCUT2D eigenvalue weighted by molar-refractivity contribution is -0.384. The number of nitrogens with one attached hydrogen (secondary N) is 2. The summed E-state index contributed by atoms with van der Waals surface area (Å²) in [6.07, 6.45) is 3.55. The third-order valence-corrected chi connectivity index (χ3v) is 3.61. The van der Waals surface area contributed by atoms with Gasteiger partial charge in [0.25, 0.3) is 5.69 Å². The molecule has 1 aromatic heterocycles. The maximum absolute atomic E-state index is 11.0. The average molecular weight is 278 g/mol. The largest absolute Gasteiger partial charge is 0.370 e. The summed E-state index contributed by atoms with van der Waals surface area (Å²) in [6.45, 7) is 5.82. The van der Waals surface area contributed by atoms with E-state index in [1.807, 2.05) is 6.92 Å². The normalized spacial score (nSPS) is 15.7. The monoisotopic (exact) mass is 278 g/mol. The van der Waals surface area contributed by atoms with Gasteiger partial charge < -0.3 is 10.6 Å². The minimum atomic E-state index is -0.381. The van der Waals surface area contributed by atoms with Gasteiger partial charge in [0.05, 0.1) is 17.1 Å². The molecule has 0 radical (unpaired) electrons. The van der Waals surface area contributed by atoms with Crippen LogP contribution in [-0.2, 0) is 0 Å². The van der Waals surface area contributed by atoms with Gasteiger partial charge >= 0.3 is 0 Å². The van der Waals surface area contributed by atoms with Crippen molar-refractivity contribution in [3.05, 3.63) is 22.2 Å². The van der Waals surface area contributed by atoms with Crippen LogP contribution >= 0.6 is 0 Å². The van der Waals surface area contributed by atoms with Crippen molar-refractivity contribution in [2.75, 3.05) is 23.7 Å². The molecule has 1 aliphatic carbocycles. The standard InChI is InChI=1S/C14H22N4O2/c1-3-6-15-13-7-12(18(19)20)8-14(17-13)16-9-10(2)11-4-5-11/h7-8,10-11H,3-6,9H2,1-2H3,(H2,15,16,17). The maximum atomic E-state index is 11.0. The molecule has 0 aromatic carbocycles. The van der Waals surface area contributed by atoms with E-state index in [1.54, 1.807) is 0 Å². The lowest BCUT2D eigenvalue weighted by Crippen LogP contribution is -2.14. The van der Waals surface area contributed by atoms with E-state index in [0.717, 1.165) is 25.4 Å². The second-order valence-corrected chi connectivity index (χ2v) is 5.48. The van der Waals surface area contributed by atoms with Gasteiger partial charge in [-0.3, -0.25) is 10.1 Å². The summed E-state index contributed by atoms with van der Waals surface area (Å²) in [7, 11) is 0. The molecule has 0 spiro atoms. The van der Waals surface area contributed by atoms with Crippen LogP contribution in [0.4, 0.5) is 17.3 Å². The van der Waals surface area contributed by atoms with Crippen LogP contribution in [0.2, 0.25) is 0 Å². The Labute approximate surface area is 119 Å². The van der Waals surface area contributed by atoms with Crippen molar-refractivity contribution in [2.45, 2.75) is 33.1 Å². The van der Waals surface area contributed by atoms with Gasteiger partial charge in [-0.1, -0.05) is 13.8 Å². The third-order valence-electron chi connectivity index (χ3n) is 3.61. The molecule has 0 saturated heterocycles. The highest BCUT2D eigenvalue weighted by Gasteiger charge is 2.27. The Morgan fingerprint density at radius 2 is 2.05 bits per heavy atom. The van der Waals surface area contributed by atoms with E-state index in [-0.39, 0.29) is 10.6 Å².